The molecule has 0 bridgehead atoms. The van der Waals surface area contributed by atoms with E-state index in [2.05, 4.69) is 0 Å². The highest BCUT2D eigenvalue weighted by atomic mass is 32.2. The van der Waals surface area contributed by atoms with E-state index in [9.17, 15) is 14.4 Å². The summed E-state index contributed by atoms with van der Waals surface area (Å²) in [6, 6.07) is 6.96. The smallest absolute Gasteiger partial charge is 0.261 e. The number of hydrogen-bond donors (Lipinski definition) is 0. The highest BCUT2D eigenvalue weighted by Gasteiger charge is 2.34. The third-order valence-electron chi connectivity index (χ3n) is 5.04. The van der Waals surface area contributed by atoms with Gasteiger partial charge in [0.2, 0.25) is 5.91 Å². The van der Waals surface area contributed by atoms with Gasteiger partial charge in [-0.25, -0.2) is 0 Å². The van der Waals surface area contributed by atoms with Crippen molar-refractivity contribution in [3.63, 3.8) is 0 Å². The molecule has 0 aliphatic carbocycles. The molecule has 1 atom stereocenters. The Morgan fingerprint density at radius 2 is 1.62 bits per heavy atom. The lowest BCUT2D eigenvalue weighted by Crippen LogP contribution is -2.37. The van der Waals surface area contributed by atoms with Gasteiger partial charge >= 0.3 is 0 Å². The largest absolute Gasteiger partial charge is 0.342 e. The maximum atomic E-state index is 12.5. The highest BCUT2D eigenvalue weighted by Crippen LogP contribution is 2.23. The fraction of sp³-hybridized carbons (Fsp3) is 0.550. The first kappa shape index (κ1) is 19.0. The molecule has 0 N–H and O–H groups in total. The maximum Gasteiger partial charge on any atom is 0.261 e. The van der Waals surface area contributed by atoms with Gasteiger partial charge in [0.1, 0.15) is 0 Å². The quantitative estimate of drug-likeness (QED) is 0.567. The van der Waals surface area contributed by atoms with Gasteiger partial charge in [-0.05, 0) is 44.1 Å². The van der Waals surface area contributed by atoms with Gasteiger partial charge in [0.05, 0.1) is 16.4 Å². The lowest BCUT2D eigenvalue weighted by molar-refractivity contribution is -0.130. The zero-order valence-corrected chi connectivity index (χ0v) is 16.1. The monoisotopic (exact) mass is 374 g/mol. The van der Waals surface area contributed by atoms with Crippen LogP contribution >= 0.6 is 11.8 Å². The SMILES string of the molecule is CC(SCCCN1C(=O)c2ccccc2C1=O)C(=O)N1CCCCCC1. The molecule has 1 aromatic rings. The predicted octanol–water partition coefficient (Wildman–Crippen LogP) is 3.20. The maximum absolute atomic E-state index is 12.5. The van der Waals surface area contributed by atoms with Crippen LogP contribution in [0.2, 0.25) is 0 Å². The molecule has 1 fully saturated rings. The van der Waals surface area contributed by atoms with E-state index in [-0.39, 0.29) is 23.0 Å². The van der Waals surface area contributed by atoms with Gasteiger partial charge in [-0.1, -0.05) is 25.0 Å². The van der Waals surface area contributed by atoms with Crippen LogP contribution in [0.3, 0.4) is 0 Å². The van der Waals surface area contributed by atoms with E-state index in [1.54, 1.807) is 36.0 Å². The van der Waals surface area contributed by atoms with Crippen molar-refractivity contribution in [3.05, 3.63) is 35.4 Å². The molecule has 2 heterocycles. The summed E-state index contributed by atoms with van der Waals surface area (Å²) >= 11 is 1.61. The Kier molecular flexibility index (Phi) is 6.35. The molecule has 1 aromatic carbocycles. The number of rotatable bonds is 6. The molecule has 3 amide bonds. The van der Waals surface area contributed by atoms with Crippen molar-refractivity contribution in [2.24, 2.45) is 0 Å². The summed E-state index contributed by atoms with van der Waals surface area (Å²) in [7, 11) is 0. The van der Waals surface area contributed by atoms with Crippen LogP contribution in [-0.2, 0) is 4.79 Å². The number of thioether (sulfide) groups is 1. The van der Waals surface area contributed by atoms with E-state index < -0.39 is 0 Å². The number of hydrogen-bond acceptors (Lipinski definition) is 4. The molecule has 0 aromatic heterocycles. The van der Waals surface area contributed by atoms with Crippen LogP contribution in [-0.4, -0.2) is 58.2 Å². The van der Waals surface area contributed by atoms with Crippen molar-refractivity contribution in [2.75, 3.05) is 25.4 Å². The van der Waals surface area contributed by atoms with Gasteiger partial charge in [-0.2, -0.15) is 0 Å². The fourth-order valence-corrected chi connectivity index (χ4v) is 4.49. The van der Waals surface area contributed by atoms with Gasteiger partial charge in [0.15, 0.2) is 0 Å². The molecule has 1 unspecified atom stereocenters. The Labute approximate surface area is 159 Å². The summed E-state index contributed by atoms with van der Waals surface area (Å²) < 4.78 is 0. The van der Waals surface area contributed by atoms with Crippen LogP contribution in [0.4, 0.5) is 0 Å². The number of carbonyl (C=O) groups is 3. The average Bonchev–Trinajstić information content (AvgIpc) is 2.85. The summed E-state index contributed by atoms with van der Waals surface area (Å²) in [5, 5.41) is -0.0738. The Bertz CT molecular complexity index is 648. The molecular formula is C20H26N2O3S. The fourth-order valence-electron chi connectivity index (χ4n) is 3.54. The van der Waals surface area contributed by atoms with Gasteiger partial charge in [-0.3, -0.25) is 19.3 Å². The number of imide groups is 1. The van der Waals surface area contributed by atoms with Gasteiger partial charge in [0, 0.05) is 19.6 Å². The third-order valence-corrected chi connectivity index (χ3v) is 6.26. The number of carbonyl (C=O) groups excluding carboxylic acids is 3. The van der Waals surface area contributed by atoms with Gasteiger partial charge in [-0.15, -0.1) is 11.8 Å². The Balaban J connectivity index is 1.43. The molecule has 5 nitrogen and oxygen atoms in total. The second-order valence-corrected chi connectivity index (χ2v) is 8.36. The molecule has 6 heteroatoms. The van der Waals surface area contributed by atoms with Crippen molar-refractivity contribution >= 4 is 29.5 Å². The minimum Gasteiger partial charge on any atom is -0.342 e. The van der Waals surface area contributed by atoms with Crippen molar-refractivity contribution < 1.29 is 14.4 Å². The lowest BCUT2D eigenvalue weighted by atomic mass is 10.1. The first-order valence-corrected chi connectivity index (χ1v) is 10.5. The van der Waals surface area contributed by atoms with E-state index in [1.807, 2.05) is 11.8 Å². The highest BCUT2D eigenvalue weighted by molar-refractivity contribution is 8.00. The topological polar surface area (TPSA) is 57.7 Å². The summed E-state index contributed by atoms with van der Waals surface area (Å²) in [6.07, 6.45) is 5.33. The molecule has 1 saturated heterocycles. The molecule has 3 rings (SSSR count). The minimum atomic E-state index is -0.204. The normalized spacial score (nSPS) is 18.7. The lowest BCUT2D eigenvalue weighted by Gasteiger charge is -2.24. The van der Waals surface area contributed by atoms with Gasteiger partial charge in [0.25, 0.3) is 11.8 Å². The number of likely N-dealkylation sites (tertiary alicyclic amines) is 1. The first-order valence-electron chi connectivity index (χ1n) is 9.45. The number of benzene rings is 1. The molecule has 2 aliphatic heterocycles. The van der Waals surface area contributed by atoms with E-state index in [0.717, 1.165) is 31.7 Å². The Morgan fingerprint density at radius 3 is 2.19 bits per heavy atom. The molecule has 0 spiro atoms. The number of nitrogens with zero attached hydrogens (tertiary/aromatic N) is 2. The van der Waals surface area contributed by atoms with Crippen molar-refractivity contribution in [3.8, 4) is 0 Å². The summed E-state index contributed by atoms with van der Waals surface area (Å²) in [5.74, 6) is 0.569. The van der Waals surface area contributed by atoms with Crippen LogP contribution in [0.15, 0.2) is 24.3 Å². The predicted molar refractivity (Wildman–Crippen MR) is 103 cm³/mol. The number of amides is 3. The van der Waals surface area contributed by atoms with Crippen molar-refractivity contribution in [1.29, 1.82) is 0 Å². The second kappa shape index (κ2) is 8.71. The molecular weight excluding hydrogens is 348 g/mol. The Morgan fingerprint density at radius 1 is 1.04 bits per heavy atom. The van der Waals surface area contributed by atoms with Crippen molar-refractivity contribution in [1.82, 2.24) is 9.80 Å². The average molecular weight is 375 g/mol. The van der Waals surface area contributed by atoms with Crippen LogP contribution in [0.5, 0.6) is 0 Å². The molecule has 26 heavy (non-hydrogen) atoms. The van der Waals surface area contributed by atoms with Crippen LogP contribution in [0.1, 0.15) is 59.7 Å². The minimum absolute atomic E-state index is 0.0738. The van der Waals surface area contributed by atoms with E-state index in [1.165, 1.54) is 17.7 Å². The molecule has 0 radical (unpaired) electrons. The summed E-state index contributed by atoms with van der Waals surface area (Å²) in [5.41, 5.74) is 0.990. The molecule has 140 valence electrons. The second-order valence-electron chi connectivity index (χ2n) is 6.91. The number of fused-ring (bicyclic) bond motifs is 1. The van der Waals surface area contributed by atoms with E-state index in [0.29, 0.717) is 24.1 Å². The third kappa shape index (κ3) is 4.11. The van der Waals surface area contributed by atoms with E-state index in [4.69, 9.17) is 0 Å². The standard InChI is InChI=1S/C20H26N2O3S/c1-15(18(23)21-11-6-2-3-7-12-21)26-14-8-13-22-19(24)16-9-4-5-10-17(16)20(22)25/h4-5,9-10,15H,2-3,6-8,11-14H2,1H3. The van der Waals surface area contributed by atoms with E-state index >= 15 is 0 Å². The van der Waals surface area contributed by atoms with Gasteiger partial charge < -0.3 is 4.90 Å². The van der Waals surface area contributed by atoms with Crippen LogP contribution in [0, 0.1) is 0 Å². The zero-order chi connectivity index (χ0) is 18.5. The molecule has 0 saturated carbocycles. The zero-order valence-electron chi connectivity index (χ0n) is 15.3. The molecule has 2 aliphatic rings. The summed E-state index contributed by atoms with van der Waals surface area (Å²) in [4.78, 5) is 40.5. The summed E-state index contributed by atoms with van der Waals surface area (Å²) in [6.45, 7) is 4.11. The van der Waals surface area contributed by atoms with Crippen LogP contribution < -0.4 is 0 Å². The first-order chi connectivity index (χ1) is 12.6. The van der Waals surface area contributed by atoms with Crippen LogP contribution in [0.25, 0.3) is 0 Å². The Hall–Kier alpha value is -1.82. The van der Waals surface area contributed by atoms with Crippen molar-refractivity contribution in [2.45, 2.75) is 44.3 Å².